The molecule has 2 aromatic carbocycles. The number of hydrogen-bond acceptors (Lipinski definition) is 9. The van der Waals surface area contributed by atoms with Gasteiger partial charge in [-0.1, -0.05) is 32.9 Å². The molecular formula is C30H29N11O5S. The van der Waals surface area contributed by atoms with E-state index in [4.69, 9.17) is 17.9 Å². The maximum absolute atomic E-state index is 12.6. The fourth-order valence-electron chi connectivity index (χ4n) is 4.55. The van der Waals surface area contributed by atoms with Gasteiger partial charge in [-0.2, -0.15) is 18.1 Å². The van der Waals surface area contributed by atoms with Gasteiger partial charge in [0.2, 0.25) is 18.0 Å². The van der Waals surface area contributed by atoms with E-state index in [9.17, 15) is 17.8 Å². The van der Waals surface area contributed by atoms with Crippen molar-refractivity contribution in [3.8, 4) is 5.75 Å². The van der Waals surface area contributed by atoms with Crippen molar-refractivity contribution in [2.45, 2.75) is 50.5 Å². The van der Waals surface area contributed by atoms with Crippen molar-refractivity contribution in [3.63, 3.8) is 0 Å². The van der Waals surface area contributed by atoms with Crippen LogP contribution in [-0.4, -0.2) is 55.5 Å². The zero-order valence-electron chi connectivity index (χ0n) is 25.5. The minimum absolute atomic E-state index is 0.0138. The Hall–Kier alpha value is -5.91. The summed E-state index contributed by atoms with van der Waals surface area (Å²) in [4.78, 5) is 23.6. The number of rotatable bonds is 11. The number of hydrogen-bond donors (Lipinski definition) is 4. The number of nitrogens with one attached hydrogen (secondary N) is 3. The molecule has 1 amide bonds. The summed E-state index contributed by atoms with van der Waals surface area (Å²) in [5.74, 6) is 0.518. The smallest absolute Gasteiger partial charge is 0.295 e. The molecule has 0 saturated carbocycles. The van der Waals surface area contributed by atoms with E-state index in [1.54, 1.807) is 24.3 Å². The number of H-pyrrole nitrogens is 2. The Morgan fingerprint density at radius 3 is 2.55 bits per heavy atom. The second-order valence-corrected chi connectivity index (χ2v) is 12.6. The van der Waals surface area contributed by atoms with Crippen molar-refractivity contribution in [1.29, 1.82) is 0 Å². The summed E-state index contributed by atoms with van der Waals surface area (Å²) < 4.78 is 40.0. The minimum Gasteiger partial charge on any atom is -0.494 e. The van der Waals surface area contributed by atoms with Crippen molar-refractivity contribution < 1.29 is 22.5 Å². The van der Waals surface area contributed by atoms with E-state index in [2.05, 4.69) is 50.6 Å². The van der Waals surface area contributed by atoms with Crippen LogP contribution in [0.15, 0.2) is 63.7 Å². The van der Waals surface area contributed by atoms with Crippen LogP contribution in [0, 0.1) is 13.1 Å². The summed E-state index contributed by atoms with van der Waals surface area (Å²) in [7, 11) is -4.56. The maximum atomic E-state index is 12.6. The summed E-state index contributed by atoms with van der Waals surface area (Å²) in [6, 6.07) is 11.9. The molecule has 0 aliphatic rings. The monoisotopic (exact) mass is 655 g/mol. The van der Waals surface area contributed by atoms with E-state index in [1.165, 1.54) is 22.8 Å². The van der Waals surface area contributed by atoms with Gasteiger partial charge < -0.3 is 14.9 Å². The Balaban J connectivity index is 1.21. The van der Waals surface area contributed by atoms with Gasteiger partial charge in [0.1, 0.15) is 16.3 Å². The summed E-state index contributed by atoms with van der Waals surface area (Å²) >= 11 is 0. The Morgan fingerprint density at radius 1 is 1.13 bits per heavy atom. The van der Waals surface area contributed by atoms with Crippen LogP contribution in [0.5, 0.6) is 5.75 Å². The topological polar surface area (TPSA) is 201 Å². The number of anilines is 1. The predicted octanol–water partition coefficient (Wildman–Crippen LogP) is 5.97. The van der Waals surface area contributed by atoms with Gasteiger partial charge in [-0.3, -0.25) is 19.5 Å². The molecule has 0 atom stereocenters. The molecular weight excluding hydrogens is 626 g/mol. The third kappa shape index (κ3) is 7.33. The summed E-state index contributed by atoms with van der Waals surface area (Å²) in [6.07, 6.45) is 1.09. The summed E-state index contributed by atoms with van der Waals surface area (Å²) in [5, 5.41) is 25.7. The number of nitrogens with zero attached hydrogens (tertiary/aromatic N) is 8. The standard InChI is InChI=1S/C30H29N11O5S/c1-30(2,3)26-25(36-38-27-24(32-5)21(17-31-4)35-37-27)28-34-23(39-41(28)40-26)11-8-16-46-19-14-12-18(13-15-19)33-29(42)20-9-6-7-10-22(20)47(43,44)45/h6-7,9-10,12-15,40H,8,11,16-17H2,1-3H3,(H,33,42)(H,35,37)(H,43,44,45). The molecule has 0 radical (unpaired) electrons. The third-order valence-electron chi connectivity index (χ3n) is 6.79. The van der Waals surface area contributed by atoms with Gasteiger partial charge in [0.15, 0.2) is 11.5 Å². The first-order valence-electron chi connectivity index (χ1n) is 14.2. The van der Waals surface area contributed by atoms with E-state index in [0.29, 0.717) is 53.7 Å². The van der Waals surface area contributed by atoms with Crippen LogP contribution in [0.1, 0.15) is 54.8 Å². The molecule has 0 bridgehead atoms. The second-order valence-electron chi connectivity index (χ2n) is 11.3. The maximum Gasteiger partial charge on any atom is 0.295 e. The minimum atomic E-state index is -4.56. The number of carbonyl (C=O) groups is 1. The molecule has 16 nitrogen and oxygen atoms in total. The summed E-state index contributed by atoms with van der Waals surface area (Å²) in [6.45, 7) is 20.9. The van der Waals surface area contributed by atoms with Gasteiger partial charge >= 0.3 is 0 Å². The molecule has 3 heterocycles. The first-order chi connectivity index (χ1) is 22.4. The van der Waals surface area contributed by atoms with Crippen LogP contribution >= 0.6 is 0 Å². The summed E-state index contributed by atoms with van der Waals surface area (Å²) in [5.41, 5.74) is 2.09. The molecule has 0 unspecified atom stereocenters. The highest BCUT2D eigenvalue weighted by Crippen LogP contribution is 2.36. The highest BCUT2D eigenvalue weighted by atomic mass is 32.2. The van der Waals surface area contributed by atoms with Gasteiger partial charge in [0.25, 0.3) is 21.7 Å². The van der Waals surface area contributed by atoms with Crippen LogP contribution in [0.3, 0.4) is 0 Å². The van der Waals surface area contributed by atoms with Gasteiger partial charge in [-0.05, 0) is 42.8 Å². The lowest BCUT2D eigenvalue weighted by atomic mass is 9.91. The first-order valence-corrected chi connectivity index (χ1v) is 15.6. The van der Waals surface area contributed by atoms with Gasteiger partial charge in [0.05, 0.1) is 24.4 Å². The van der Waals surface area contributed by atoms with Gasteiger partial charge in [-0.25, -0.2) is 16.4 Å². The van der Waals surface area contributed by atoms with Gasteiger partial charge in [-0.15, -0.1) is 15.3 Å². The molecule has 4 N–H and O–H groups in total. The van der Waals surface area contributed by atoms with E-state index < -0.39 is 20.9 Å². The highest BCUT2D eigenvalue weighted by molar-refractivity contribution is 7.86. The van der Waals surface area contributed by atoms with Crippen LogP contribution in [0.25, 0.3) is 15.3 Å². The Kier molecular flexibility index (Phi) is 9.13. The number of carbonyl (C=O) groups excluding carboxylic acids is 1. The molecule has 240 valence electrons. The van der Waals surface area contributed by atoms with E-state index in [-0.39, 0.29) is 29.0 Å². The molecule has 5 aromatic rings. The van der Waals surface area contributed by atoms with Crippen LogP contribution in [-0.2, 0) is 28.5 Å². The van der Waals surface area contributed by atoms with Crippen LogP contribution in [0.2, 0.25) is 0 Å². The van der Waals surface area contributed by atoms with Crippen molar-refractivity contribution in [3.05, 3.63) is 94.1 Å². The number of benzene rings is 2. The SMILES string of the molecule is [C-]#[N+]Cc1[nH]nc(N=Nc2c(C(C)(C)C)[nH]n3nc(CCCOc4ccc(NC(=O)c5ccccc5S(=O)(=O)O)cc4)nc23)c1[N+]#[C-]. The van der Waals surface area contributed by atoms with E-state index in [0.717, 1.165) is 11.8 Å². The van der Waals surface area contributed by atoms with Crippen molar-refractivity contribution >= 4 is 44.6 Å². The Morgan fingerprint density at radius 2 is 1.87 bits per heavy atom. The van der Waals surface area contributed by atoms with Crippen LogP contribution < -0.4 is 10.1 Å². The molecule has 5 rings (SSSR count). The van der Waals surface area contributed by atoms with Crippen molar-refractivity contribution in [2.75, 3.05) is 11.9 Å². The Labute approximate surface area is 269 Å². The Bertz CT molecular complexity index is 2160. The molecule has 47 heavy (non-hydrogen) atoms. The molecule has 0 fully saturated rings. The third-order valence-corrected chi connectivity index (χ3v) is 7.70. The van der Waals surface area contributed by atoms with E-state index >= 15 is 0 Å². The fourth-order valence-corrected chi connectivity index (χ4v) is 5.24. The molecule has 0 saturated heterocycles. The largest absolute Gasteiger partial charge is 0.494 e. The number of fused-ring (bicyclic) bond motifs is 1. The van der Waals surface area contributed by atoms with Crippen molar-refractivity contribution in [2.24, 2.45) is 10.2 Å². The highest BCUT2D eigenvalue weighted by Gasteiger charge is 2.26. The number of aromatic amines is 2. The average molecular weight is 656 g/mol. The average Bonchev–Trinajstić information content (AvgIpc) is 3.71. The first kappa shape index (κ1) is 32.5. The number of azo groups is 1. The molecule has 0 spiro atoms. The van der Waals surface area contributed by atoms with Crippen molar-refractivity contribution in [1.82, 2.24) is 30.0 Å². The molecule has 3 aromatic heterocycles. The number of aromatic nitrogens is 6. The molecule has 0 aliphatic carbocycles. The van der Waals surface area contributed by atoms with Gasteiger partial charge in [0, 0.05) is 17.5 Å². The zero-order valence-corrected chi connectivity index (χ0v) is 26.3. The lowest BCUT2D eigenvalue weighted by molar-refractivity contribution is 0.102. The lowest BCUT2D eigenvalue weighted by Crippen LogP contribution is -2.16. The lowest BCUT2D eigenvalue weighted by Gasteiger charge is -2.16. The molecule has 17 heteroatoms. The normalized spacial score (nSPS) is 11.9. The second kappa shape index (κ2) is 13.2. The number of ether oxygens (including phenoxy) is 1. The number of aryl methyl sites for hydroxylation is 1. The molecule has 0 aliphatic heterocycles. The zero-order chi connectivity index (χ0) is 33.8. The number of amides is 1. The predicted molar refractivity (Wildman–Crippen MR) is 170 cm³/mol. The van der Waals surface area contributed by atoms with Crippen LogP contribution in [0.4, 0.5) is 22.9 Å². The fraction of sp³-hybridized carbons (Fsp3) is 0.267. The quantitative estimate of drug-likeness (QED) is 0.0576. The van der Waals surface area contributed by atoms with E-state index in [1.807, 2.05) is 20.8 Å².